The summed E-state index contributed by atoms with van der Waals surface area (Å²) >= 11 is 0. The standard InChI is InChI=1S/C30H32N2O5S/c1-2-37-29(34)30(19-20-30)24-12-14-25(15-13-24)31-28(33)18-11-22-9-16-26(17-10-22)38(35,36)32-21-5-7-23-6-3-4-8-27(23)32/h3-4,6,8-10,12-17H,2,5,7,11,18-21H2,1H3,(H,31,33). The van der Waals surface area contributed by atoms with Gasteiger partial charge < -0.3 is 10.1 Å². The van der Waals surface area contributed by atoms with E-state index >= 15 is 0 Å². The van der Waals surface area contributed by atoms with Crippen LogP contribution in [0.3, 0.4) is 0 Å². The van der Waals surface area contributed by atoms with Crippen LogP contribution in [0.15, 0.2) is 77.7 Å². The van der Waals surface area contributed by atoms with Crippen molar-refractivity contribution in [2.24, 2.45) is 0 Å². The Kier molecular flexibility index (Phi) is 7.25. The number of nitrogens with zero attached hydrogens (tertiary/aromatic N) is 1. The molecular formula is C30H32N2O5S. The SMILES string of the molecule is CCOC(=O)C1(c2ccc(NC(=O)CCc3ccc(S(=O)(=O)N4CCCc5ccccc54)cc3)cc2)CC1. The van der Waals surface area contributed by atoms with Gasteiger partial charge in [0.05, 0.1) is 22.6 Å². The number of sulfonamides is 1. The van der Waals surface area contributed by atoms with Crippen LogP contribution in [0.1, 0.15) is 49.3 Å². The highest BCUT2D eigenvalue weighted by Crippen LogP contribution is 2.49. The monoisotopic (exact) mass is 532 g/mol. The summed E-state index contributed by atoms with van der Waals surface area (Å²) in [7, 11) is -3.66. The Morgan fingerprint density at radius 1 is 0.974 bits per heavy atom. The van der Waals surface area contributed by atoms with Gasteiger partial charge in [-0.3, -0.25) is 13.9 Å². The minimum Gasteiger partial charge on any atom is -0.465 e. The van der Waals surface area contributed by atoms with E-state index in [4.69, 9.17) is 4.74 Å². The normalized spacial score (nSPS) is 15.9. The molecule has 198 valence electrons. The van der Waals surface area contributed by atoms with Crippen molar-refractivity contribution in [1.29, 1.82) is 0 Å². The first-order valence-electron chi connectivity index (χ1n) is 13.1. The topological polar surface area (TPSA) is 92.8 Å². The Hall–Kier alpha value is -3.65. The van der Waals surface area contributed by atoms with E-state index in [1.54, 1.807) is 31.2 Å². The Labute approximate surface area is 223 Å². The molecule has 38 heavy (non-hydrogen) atoms. The van der Waals surface area contributed by atoms with Crippen molar-refractivity contribution in [2.75, 3.05) is 22.8 Å². The number of aryl methyl sites for hydroxylation is 2. The molecule has 1 heterocycles. The minimum atomic E-state index is -3.66. The van der Waals surface area contributed by atoms with E-state index in [0.717, 1.165) is 48.1 Å². The Morgan fingerprint density at radius 2 is 1.68 bits per heavy atom. The molecule has 1 saturated carbocycles. The van der Waals surface area contributed by atoms with E-state index < -0.39 is 15.4 Å². The lowest BCUT2D eigenvalue weighted by Gasteiger charge is -2.30. The molecule has 1 aliphatic carbocycles. The molecule has 1 fully saturated rings. The van der Waals surface area contributed by atoms with Gasteiger partial charge in [-0.2, -0.15) is 0 Å². The lowest BCUT2D eigenvalue weighted by Crippen LogP contribution is -2.35. The van der Waals surface area contributed by atoms with Crippen LogP contribution in [-0.2, 0) is 42.6 Å². The molecule has 1 amide bonds. The third kappa shape index (κ3) is 5.18. The zero-order valence-electron chi connectivity index (χ0n) is 21.5. The molecule has 0 aromatic heterocycles. The maximum absolute atomic E-state index is 13.3. The summed E-state index contributed by atoms with van der Waals surface area (Å²) in [6.07, 6.45) is 3.98. The number of carbonyl (C=O) groups is 2. The summed E-state index contributed by atoms with van der Waals surface area (Å²) < 4.78 is 33.4. The van der Waals surface area contributed by atoms with Crippen LogP contribution in [0, 0.1) is 0 Å². The number of fused-ring (bicyclic) bond motifs is 1. The van der Waals surface area contributed by atoms with E-state index in [-0.39, 0.29) is 23.2 Å². The smallest absolute Gasteiger partial charge is 0.316 e. The number of ether oxygens (including phenoxy) is 1. The summed E-state index contributed by atoms with van der Waals surface area (Å²) in [6, 6.07) is 21.8. The molecular weight excluding hydrogens is 500 g/mol. The summed E-state index contributed by atoms with van der Waals surface area (Å²) in [5.74, 6) is -0.317. The highest BCUT2D eigenvalue weighted by atomic mass is 32.2. The number of anilines is 2. The molecule has 0 unspecified atom stereocenters. The largest absolute Gasteiger partial charge is 0.465 e. The molecule has 5 rings (SSSR count). The lowest BCUT2D eigenvalue weighted by molar-refractivity contribution is -0.146. The van der Waals surface area contributed by atoms with Crippen molar-refractivity contribution in [3.8, 4) is 0 Å². The number of amides is 1. The second kappa shape index (κ2) is 10.6. The van der Waals surface area contributed by atoms with Crippen molar-refractivity contribution in [3.05, 3.63) is 89.5 Å². The number of benzene rings is 3. The van der Waals surface area contributed by atoms with E-state index in [0.29, 0.717) is 25.3 Å². The fraction of sp³-hybridized carbons (Fsp3) is 0.333. The third-order valence-electron chi connectivity index (χ3n) is 7.36. The van der Waals surface area contributed by atoms with Crippen LogP contribution >= 0.6 is 0 Å². The third-order valence-corrected chi connectivity index (χ3v) is 9.18. The Morgan fingerprint density at radius 3 is 2.37 bits per heavy atom. The predicted molar refractivity (Wildman–Crippen MR) is 147 cm³/mol. The van der Waals surface area contributed by atoms with Gasteiger partial charge in [-0.25, -0.2) is 8.42 Å². The first-order valence-corrected chi connectivity index (χ1v) is 14.5. The number of hydrogen-bond donors (Lipinski definition) is 1. The number of hydrogen-bond acceptors (Lipinski definition) is 5. The van der Waals surface area contributed by atoms with Crippen molar-refractivity contribution >= 4 is 33.3 Å². The van der Waals surface area contributed by atoms with Gasteiger partial charge in [0.2, 0.25) is 5.91 Å². The molecule has 3 aromatic rings. The highest BCUT2D eigenvalue weighted by molar-refractivity contribution is 7.92. The maximum Gasteiger partial charge on any atom is 0.316 e. The molecule has 2 aliphatic rings. The molecule has 1 N–H and O–H groups in total. The summed E-state index contributed by atoms with van der Waals surface area (Å²) in [6.45, 7) is 2.63. The van der Waals surface area contributed by atoms with Gasteiger partial charge >= 0.3 is 5.97 Å². The fourth-order valence-corrected chi connectivity index (χ4v) is 6.60. The van der Waals surface area contributed by atoms with Crippen molar-refractivity contribution < 1.29 is 22.7 Å². The van der Waals surface area contributed by atoms with Crippen LogP contribution in [-0.4, -0.2) is 33.4 Å². The fourth-order valence-electron chi connectivity index (χ4n) is 5.06. The van der Waals surface area contributed by atoms with Gasteiger partial charge in [-0.05, 0) is 86.1 Å². The molecule has 0 saturated heterocycles. The second-order valence-corrected chi connectivity index (χ2v) is 11.7. The van der Waals surface area contributed by atoms with Crippen molar-refractivity contribution in [3.63, 3.8) is 0 Å². The van der Waals surface area contributed by atoms with Crippen molar-refractivity contribution in [2.45, 2.75) is 55.8 Å². The Balaban J connectivity index is 1.17. The van der Waals surface area contributed by atoms with E-state index in [1.165, 1.54) is 4.31 Å². The van der Waals surface area contributed by atoms with E-state index in [2.05, 4.69) is 5.32 Å². The van der Waals surface area contributed by atoms with Crippen LogP contribution in [0.25, 0.3) is 0 Å². The second-order valence-electron chi connectivity index (χ2n) is 9.88. The first-order chi connectivity index (χ1) is 18.3. The van der Waals surface area contributed by atoms with Gasteiger partial charge in [0.25, 0.3) is 10.0 Å². The highest BCUT2D eigenvalue weighted by Gasteiger charge is 2.52. The zero-order chi connectivity index (χ0) is 26.8. The Bertz CT molecular complexity index is 1430. The molecule has 1 aliphatic heterocycles. The average Bonchev–Trinajstić information content (AvgIpc) is 3.75. The molecule has 0 spiro atoms. The molecule has 0 radical (unpaired) electrons. The van der Waals surface area contributed by atoms with Crippen LogP contribution < -0.4 is 9.62 Å². The number of carbonyl (C=O) groups excluding carboxylic acids is 2. The molecule has 0 bridgehead atoms. The molecule has 7 nitrogen and oxygen atoms in total. The summed E-state index contributed by atoms with van der Waals surface area (Å²) in [5.41, 5.74) is 3.74. The van der Waals surface area contributed by atoms with E-state index in [9.17, 15) is 18.0 Å². The minimum absolute atomic E-state index is 0.133. The van der Waals surface area contributed by atoms with Crippen LogP contribution in [0.5, 0.6) is 0 Å². The molecule has 3 aromatic carbocycles. The molecule has 8 heteroatoms. The number of para-hydroxylation sites is 1. The number of rotatable bonds is 9. The zero-order valence-corrected chi connectivity index (χ0v) is 22.3. The maximum atomic E-state index is 13.3. The van der Waals surface area contributed by atoms with Gasteiger partial charge in [-0.1, -0.05) is 42.5 Å². The van der Waals surface area contributed by atoms with Gasteiger partial charge in [-0.15, -0.1) is 0 Å². The average molecular weight is 533 g/mol. The van der Waals surface area contributed by atoms with Gasteiger partial charge in [0.15, 0.2) is 0 Å². The van der Waals surface area contributed by atoms with Crippen molar-refractivity contribution in [1.82, 2.24) is 0 Å². The number of esters is 1. The first kappa shape index (κ1) is 26.0. The predicted octanol–water partition coefficient (Wildman–Crippen LogP) is 4.99. The molecule has 0 atom stereocenters. The van der Waals surface area contributed by atoms with Gasteiger partial charge in [0, 0.05) is 18.7 Å². The lowest BCUT2D eigenvalue weighted by atomic mass is 9.96. The summed E-state index contributed by atoms with van der Waals surface area (Å²) in [5, 5.41) is 2.90. The van der Waals surface area contributed by atoms with Crippen LogP contribution in [0.4, 0.5) is 11.4 Å². The van der Waals surface area contributed by atoms with Gasteiger partial charge in [0.1, 0.15) is 0 Å². The van der Waals surface area contributed by atoms with Crippen LogP contribution in [0.2, 0.25) is 0 Å². The summed E-state index contributed by atoms with van der Waals surface area (Å²) in [4.78, 5) is 25.1. The quantitative estimate of drug-likeness (QED) is 0.392. The van der Waals surface area contributed by atoms with E-state index in [1.807, 2.05) is 48.5 Å². The number of nitrogens with one attached hydrogen (secondary N) is 1.